The van der Waals surface area contributed by atoms with Gasteiger partial charge < -0.3 is 16.8 Å². The summed E-state index contributed by atoms with van der Waals surface area (Å²) in [7, 11) is 0. The van der Waals surface area contributed by atoms with Crippen molar-refractivity contribution in [1.29, 1.82) is 0 Å². The highest BCUT2D eigenvalue weighted by Gasteiger charge is 2.12. The van der Waals surface area contributed by atoms with E-state index in [0.717, 1.165) is 0 Å². The Morgan fingerprint density at radius 2 is 2.05 bits per heavy atom. The number of carbonyl (C=O) groups is 2. The number of nitrogens with two attached hydrogens (primary N) is 2. The van der Waals surface area contributed by atoms with Gasteiger partial charge in [-0.3, -0.25) is 14.5 Å². The van der Waals surface area contributed by atoms with Gasteiger partial charge in [-0.1, -0.05) is 18.5 Å². The predicted molar refractivity (Wildman–Crippen MR) is 75.8 cm³/mol. The second kappa shape index (κ2) is 6.96. The van der Waals surface area contributed by atoms with Crippen molar-refractivity contribution in [1.82, 2.24) is 4.90 Å². The zero-order valence-corrected chi connectivity index (χ0v) is 11.4. The number of primary amides is 1. The smallest absolute Gasteiger partial charge is 0.238 e. The van der Waals surface area contributed by atoms with Crippen molar-refractivity contribution in [2.24, 2.45) is 5.73 Å². The summed E-state index contributed by atoms with van der Waals surface area (Å²) in [6, 6.07) is 4.82. The van der Waals surface area contributed by atoms with Gasteiger partial charge in [-0.25, -0.2) is 0 Å². The second-order valence-corrected chi connectivity index (χ2v) is 4.46. The molecule has 0 fully saturated rings. The lowest BCUT2D eigenvalue weighted by Crippen LogP contribution is -2.39. The molecule has 19 heavy (non-hydrogen) atoms. The molecule has 0 heterocycles. The standard InChI is InChI=1S/C12H17ClN4O2/c1-2-17(6-11(15)18)7-12(19)16-10-4-3-8(14)5-9(10)13/h3-5H,2,6-7,14H2,1H3,(H2,15,18)(H,16,19). The number of nitrogens with one attached hydrogen (secondary N) is 1. The number of hydrogen-bond donors (Lipinski definition) is 3. The molecule has 0 radical (unpaired) electrons. The molecule has 0 bridgehead atoms. The van der Waals surface area contributed by atoms with Crippen LogP contribution in [0.4, 0.5) is 11.4 Å². The highest BCUT2D eigenvalue weighted by Crippen LogP contribution is 2.23. The number of carbonyl (C=O) groups excluding carboxylic acids is 2. The minimum absolute atomic E-state index is 0.0411. The molecule has 0 unspecified atom stereocenters. The van der Waals surface area contributed by atoms with Gasteiger partial charge >= 0.3 is 0 Å². The zero-order chi connectivity index (χ0) is 14.4. The minimum Gasteiger partial charge on any atom is -0.399 e. The van der Waals surface area contributed by atoms with Crippen molar-refractivity contribution < 1.29 is 9.59 Å². The maximum absolute atomic E-state index is 11.8. The SMILES string of the molecule is CCN(CC(N)=O)CC(=O)Nc1ccc(N)cc1Cl. The first-order valence-corrected chi connectivity index (χ1v) is 6.15. The molecule has 2 amide bonds. The molecular formula is C12H17ClN4O2. The topological polar surface area (TPSA) is 101 Å². The van der Waals surface area contributed by atoms with E-state index in [1.54, 1.807) is 23.1 Å². The average Bonchev–Trinajstić information content (AvgIpc) is 2.31. The lowest BCUT2D eigenvalue weighted by atomic mass is 10.3. The Labute approximate surface area is 116 Å². The molecule has 0 atom stereocenters. The van der Waals surface area contributed by atoms with E-state index in [0.29, 0.717) is 22.9 Å². The number of amides is 2. The average molecular weight is 285 g/mol. The van der Waals surface area contributed by atoms with Gasteiger partial charge in [0.1, 0.15) is 0 Å². The highest BCUT2D eigenvalue weighted by molar-refractivity contribution is 6.34. The summed E-state index contributed by atoms with van der Waals surface area (Å²) < 4.78 is 0. The number of likely N-dealkylation sites (N-methyl/N-ethyl adjacent to an activating group) is 1. The number of halogens is 1. The summed E-state index contributed by atoms with van der Waals surface area (Å²) in [4.78, 5) is 24.2. The van der Waals surface area contributed by atoms with Crippen LogP contribution in [0.2, 0.25) is 5.02 Å². The van der Waals surface area contributed by atoms with Gasteiger partial charge in [-0.05, 0) is 24.7 Å². The molecule has 104 valence electrons. The van der Waals surface area contributed by atoms with Crippen LogP contribution < -0.4 is 16.8 Å². The highest BCUT2D eigenvalue weighted by atomic mass is 35.5. The molecule has 0 saturated heterocycles. The first-order valence-electron chi connectivity index (χ1n) is 5.78. The molecule has 0 aliphatic heterocycles. The van der Waals surface area contributed by atoms with Crippen LogP contribution in [0, 0.1) is 0 Å². The Kier molecular flexibility index (Phi) is 5.59. The third-order valence-corrected chi connectivity index (χ3v) is 2.77. The summed E-state index contributed by atoms with van der Waals surface area (Å²) in [5.74, 6) is -0.741. The molecule has 0 aliphatic carbocycles. The van der Waals surface area contributed by atoms with E-state index in [4.69, 9.17) is 23.1 Å². The van der Waals surface area contributed by atoms with E-state index in [1.807, 2.05) is 6.92 Å². The molecular weight excluding hydrogens is 268 g/mol. The normalized spacial score (nSPS) is 10.5. The lowest BCUT2D eigenvalue weighted by molar-refractivity contribution is -0.121. The fourth-order valence-corrected chi connectivity index (χ4v) is 1.76. The van der Waals surface area contributed by atoms with Crippen molar-refractivity contribution in [3.8, 4) is 0 Å². The molecule has 0 saturated carbocycles. The molecule has 1 aromatic carbocycles. The van der Waals surface area contributed by atoms with E-state index in [1.165, 1.54) is 0 Å². The number of nitrogens with zero attached hydrogens (tertiary/aromatic N) is 1. The Bertz CT molecular complexity index is 479. The maximum Gasteiger partial charge on any atom is 0.238 e. The number of rotatable bonds is 6. The predicted octanol–water partition coefficient (Wildman–Crippen LogP) is 0.668. The number of nitrogen functional groups attached to an aromatic ring is 1. The summed E-state index contributed by atoms with van der Waals surface area (Å²) in [5, 5.41) is 3.02. The van der Waals surface area contributed by atoms with Crippen LogP contribution >= 0.6 is 11.6 Å². The van der Waals surface area contributed by atoms with E-state index in [-0.39, 0.29) is 19.0 Å². The van der Waals surface area contributed by atoms with Crippen molar-refractivity contribution in [2.75, 3.05) is 30.7 Å². The largest absolute Gasteiger partial charge is 0.399 e. The van der Waals surface area contributed by atoms with E-state index in [9.17, 15) is 9.59 Å². The molecule has 0 aliphatic rings. The van der Waals surface area contributed by atoms with Crippen molar-refractivity contribution >= 4 is 34.8 Å². The van der Waals surface area contributed by atoms with E-state index in [2.05, 4.69) is 5.32 Å². The Morgan fingerprint density at radius 1 is 1.37 bits per heavy atom. The van der Waals surface area contributed by atoms with Crippen molar-refractivity contribution in [3.05, 3.63) is 23.2 Å². The first kappa shape index (κ1) is 15.3. The van der Waals surface area contributed by atoms with E-state index >= 15 is 0 Å². The minimum atomic E-state index is -0.472. The molecule has 7 heteroatoms. The summed E-state index contributed by atoms with van der Waals surface area (Å²) in [5.41, 5.74) is 11.7. The molecule has 1 rings (SSSR count). The summed E-state index contributed by atoms with van der Waals surface area (Å²) >= 11 is 5.95. The van der Waals surface area contributed by atoms with Gasteiger partial charge in [0.05, 0.1) is 23.8 Å². The number of benzene rings is 1. The van der Waals surface area contributed by atoms with Crippen LogP contribution in [-0.4, -0.2) is 36.3 Å². The molecule has 6 nitrogen and oxygen atoms in total. The fraction of sp³-hybridized carbons (Fsp3) is 0.333. The fourth-order valence-electron chi connectivity index (χ4n) is 1.53. The van der Waals surface area contributed by atoms with Gasteiger partial charge in [-0.15, -0.1) is 0 Å². The van der Waals surface area contributed by atoms with Crippen LogP contribution in [0.15, 0.2) is 18.2 Å². The van der Waals surface area contributed by atoms with Gasteiger partial charge in [0.2, 0.25) is 11.8 Å². The Hall–Kier alpha value is -1.79. The quantitative estimate of drug-likeness (QED) is 0.668. The van der Waals surface area contributed by atoms with Crippen molar-refractivity contribution in [3.63, 3.8) is 0 Å². The number of hydrogen-bond acceptors (Lipinski definition) is 4. The van der Waals surface area contributed by atoms with Gasteiger partial charge in [0.15, 0.2) is 0 Å². The molecule has 0 spiro atoms. The molecule has 5 N–H and O–H groups in total. The zero-order valence-electron chi connectivity index (χ0n) is 10.6. The molecule has 0 aromatic heterocycles. The lowest BCUT2D eigenvalue weighted by Gasteiger charge is -2.18. The maximum atomic E-state index is 11.8. The van der Waals surface area contributed by atoms with Crippen LogP contribution in [0.3, 0.4) is 0 Å². The second-order valence-electron chi connectivity index (χ2n) is 4.06. The third kappa shape index (κ3) is 5.15. The van der Waals surface area contributed by atoms with Gasteiger partial charge in [-0.2, -0.15) is 0 Å². The van der Waals surface area contributed by atoms with Crippen LogP contribution in [0.1, 0.15) is 6.92 Å². The third-order valence-electron chi connectivity index (χ3n) is 2.46. The summed E-state index contributed by atoms with van der Waals surface area (Å²) in [6.45, 7) is 2.50. The monoisotopic (exact) mass is 284 g/mol. The van der Waals surface area contributed by atoms with Crippen LogP contribution in [0.5, 0.6) is 0 Å². The van der Waals surface area contributed by atoms with Crippen LogP contribution in [0.25, 0.3) is 0 Å². The summed E-state index contributed by atoms with van der Waals surface area (Å²) in [6.07, 6.45) is 0. The Morgan fingerprint density at radius 3 is 2.58 bits per heavy atom. The molecule has 1 aromatic rings. The van der Waals surface area contributed by atoms with Gasteiger partial charge in [0.25, 0.3) is 0 Å². The van der Waals surface area contributed by atoms with Crippen molar-refractivity contribution in [2.45, 2.75) is 6.92 Å². The Balaban J connectivity index is 2.61. The van der Waals surface area contributed by atoms with Gasteiger partial charge in [0, 0.05) is 5.69 Å². The first-order chi connectivity index (χ1) is 8.92. The van der Waals surface area contributed by atoms with E-state index < -0.39 is 5.91 Å². The number of anilines is 2. The van der Waals surface area contributed by atoms with Crippen LogP contribution in [-0.2, 0) is 9.59 Å².